The highest BCUT2D eigenvalue weighted by Gasteiger charge is 2.34. The first-order valence-electron chi connectivity index (χ1n) is 7.78. The van der Waals surface area contributed by atoms with Crippen molar-refractivity contribution in [2.45, 2.75) is 71.8 Å². The van der Waals surface area contributed by atoms with E-state index in [4.69, 9.17) is 5.73 Å². The zero-order valence-corrected chi connectivity index (χ0v) is 13.3. The molecule has 110 valence electrons. The lowest BCUT2D eigenvalue weighted by Gasteiger charge is -2.34. The van der Waals surface area contributed by atoms with Crippen molar-refractivity contribution < 1.29 is 0 Å². The van der Waals surface area contributed by atoms with Crippen molar-refractivity contribution >= 4 is 0 Å². The third-order valence-corrected chi connectivity index (χ3v) is 4.72. The van der Waals surface area contributed by atoms with Gasteiger partial charge in [-0.25, -0.2) is 0 Å². The Bertz CT molecular complexity index is 318. The number of rotatable bonds is 4. The third kappa shape index (κ3) is 5.16. The van der Waals surface area contributed by atoms with E-state index in [1.165, 1.54) is 32.1 Å². The molecule has 0 amide bonds. The highest BCUT2D eigenvalue weighted by atomic mass is 15.0. The van der Waals surface area contributed by atoms with Crippen LogP contribution < -0.4 is 11.1 Å². The normalized spacial score (nSPS) is 28.4. The van der Waals surface area contributed by atoms with Crippen molar-refractivity contribution in [3.63, 3.8) is 0 Å². The first-order chi connectivity index (χ1) is 8.93. The van der Waals surface area contributed by atoms with Crippen LogP contribution >= 0.6 is 0 Å². The van der Waals surface area contributed by atoms with E-state index in [9.17, 15) is 0 Å². The van der Waals surface area contributed by atoms with E-state index in [0.29, 0.717) is 5.41 Å². The van der Waals surface area contributed by atoms with Crippen LogP contribution in [-0.2, 0) is 0 Å². The van der Waals surface area contributed by atoms with Gasteiger partial charge in [0.2, 0.25) is 0 Å². The van der Waals surface area contributed by atoms with Gasteiger partial charge >= 0.3 is 0 Å². The van der Waals surface area contributed by atoms with Crippen molar-refractivity contribution in [1.29, 1.82) is 0 Å². The molecular weight excluding hydrogens is 232 g/mol. The average molecular weight is 264 g/mol. The molecule has 0 aliphatic heterocycles. The predicted molar refractivity (Wildman–Crippen MR) is 83.9 cm³/mol. The Balaban J connectivity index is 2.56. The molecule has 0 spiro atoms. The lowest BCUT2D eigenvalue weighted by atomic mass is 9.76. The molecule has 0 radical (unpaired) electrons. The summed E-state index contributed by atoms with van der Waals surface area (Å²) in [5, 5.41) is 3.70. The molecule has 0 bridgehead atoms. The van der Waals surface area contributed by atoms with E-state index >= 15 is 0 Å². The van der Waals surface area contributed by atoms with E-state index < -0.39 is 0 Å². The van der Waals surface area contributed by atoms with Crippen molar-refractivity contribution in [2.24, 2.45) is 17.1 Å². The summed E-state index contributed by atoms with van der Waals surface area (Å²) in [6.07, 6.45) is 7.31. The third-order valence-electron chi connectivity index (χ3n) is 4.72. The van der Waals surface area contributed by atoms with Crippen LogP contribution in [0.2, 0.25) is 0 Å². The Morgan fingerprint density at radius 3 is 2.58 bits per heavy atom. The van der Waals surface area contributed by atoms with Crippen LogP contribution in [0.25, 0.3) is 0 Å². The molecular formula is C17H32N2. The first kappa shape index (κ1) is 16.5. The molecule has 1 aliphatic rings. The highest BCUT2D eigenvalue weighted by molar-refractivity contribution is 4.98. The largest absolute Gasteiger partial charge is 0.329 e. The van der Waals surface area contributed by atoms with E-state index in [1.807, 2.05) is 6.92 Å². The Morgan fingerprint density at radius 2 is 2.00 bits per heavy atom. The van der Waals surface area contributed by atoms with Crippen LogP contribution in [0, 0.1) is 23.2 Å². The second kappa shape index (κ2) is 7.31. The van der Waals surface area contributed by atoms with Crippen molar-refractivity contribution in [3.05, 3.63) is 0 Å². The van der Waals surface area contributed by atoms with Gasteiger partial charge in [0.1, 0.15) is 0 Å². The Kier molecular flexibility index (Phi) is 6.36. The van der Waals surface area contributed by atoms with Crippen LogP contribution in [0.1, 0.15) is 66.2 Å². The number of hydrogen-bond acceptors (Lipinski definition) is 2. The molecule has 0 aromatic heterocycles. The molecule has 0 aromatic rings. The summed E-state index contributed by atoms with van der Waals surface area (Å²) in [6.45, 7) is 10.7. The summed E-state index contributed by atoms with van der Waals surface area (Å²) in [7, 11) is 0. The van der Waals surface area contributed by atoms with Gasteiger partial charge in [0.15, 0.2) is 0 Å². The minimum atomic E-state index is 0.162. The van der Waals surface area contributed by atoms with Gasteiger partial charge in [-0.05, 0) is 43.9 Å². The van der Waals surface area contributed by atoms with Crippen LogP contribution in [0.4, 0.5) is 0 Å². The number of hydrogen-bond donors (Lipinski definition) is 2. The molecule has 0 saturated heterocycles. The van der Waals surface area contributed by atoms with Gasteiger partial charge in [-0.1, -0.05) is 27.2 Å². The fourth-order valence-corrected chi connectivity index (χ4v) is 3.24. The molecule has 2 unspecified atom stereocenters. The number of nitrogens with two attached hydrogens (primary N) is 1. The molecule has 19 heavy (non-hydrogen) atoms. The highest BCUT2D eigenvalue weighted by Crippen LogP contribution is 2.39. The second-order valence-electron chi connectivity index (χ2n) is 7.08. The molecule has 1 fully saturated rings. The summed E-state index contributed by atoms with van der Waals surface area (Å²) in [5.41, 5.74) is 6.67. The topological polar surface area (TPSA) is 38.0 Å². The van der Waals surface area contributed by atoms with Crippen LogP contribution in [0.5, 0.6) is 0 Å². The summed E-state index contributed by atoms with van der Waals surface area (Å²) in [4.78, 5) is 0. The van der Waals surface area contributed by atoms with E-state index in [2.05, 4.69) is 37.9 Å². The zero-order valence-electron chi connectivity index (χ0n) is 13.3. The average Bonchev–Trinajstić information content (AvgIpc) is 2.57. The van der Waals surface area contributed by atoms with Gasteiger partial charge in [0.05, 0.1) is 0 Å². The summed E-state index contributed by atoms with van der Waals surface area (Å²) in [6, 6.07) is 0. The molecule has 2 heteroatoms. The van der Waals surface area contributed by atoms with E-state index in [-0.39, 0.29) is 5.54 Å². The van der Waals surface area contributed by atoms with Crippen LogP contribution in [0.15, 0.2) is 0 Å². The van der Waals surface area contributed by atoms with Gasteiger partial charge in [-0.3, -0.25) is 0 Å². The maximum absolute atomic E-state index is 6.08. The van der Waals surface area contributed by atoms with Gasteiger partial charge in [-0.15, -0.1) is 11.8 Å². The fraction of sp³-hybridized carbons (Fsp3) is 0.882. The molecule has 1 rings (SSSR count). The minimum absolute atomic E-state index is 0.162. The molecule has 0 aromatic carbocycles. The lowest BCUT2D eigenvalue weighted by molar-refractivity contribution is 0.207. The smallest absolute Gasteiger partial charge is 0.0304 e. The SMILES string of the molecule is CC#CCCNC1(CN)CCCC(C(C)(C)C)CC1. The quantitative estimate of drug-likeness (QED) is 0.464. The van der Waals surface area contributed by atoms with Crippen LogP contribution in [-0.4, -0.2) is 18.6 Å². The van der Waals surface area contributed by atoms with Gasteiger partial charge < -0.3 is 11.1 Å². The fourth-order valence-electron chi connectivity index (χ4n) is 3.24. The van der Waals surface area contributed by atoms with Crippen LogP contribution in [0.3, 0.4) is 0 Å². The monoisotopic (exact) mass is 264 g/mol. The Morgan fingerprint density at radius 1 is 1.26 bits per heavy atom. The molecule has 1 aliphatic carbocycles. The minimum Gasteiger partial charge on any atom is -0.329 e. The number of nitrogens with one attached hydrogen (secondary N) is 1. The Hall–Kier alpha value is -0.520. The van der Waals surface area contributed by atoms with Gasteiger partial charge in [-0.2, -0.15) is 0 Å². The maximum Gasteiger partial charge on any atom is 0.0304 e. The predicted octanol–water partition coefficient (Wildman–Crippen LogP) is 3.31. The summed E-state index contributed by atoms with van der Waals surface area (Å²) in [5.74, 6) is 6.91. The van der Waals surface area contributed by atoms with Crippen molar-refractivity contribution in [2.75, 3.05) is 13.1 Å². The van der Waals surface area contributed by atoms with Crippen molar-refractivity contribution in [3.8, 4) is 11.8 Å². The van der Waals surface area contributed by atoms with Crippen molar-refractivity contribution in [1.82, 2.24) is 5.32 Å². The van der Waals surface area contributed by atoms with Gasteiger partial charge in [0, 0.05) is 25.0 Å². The summed E-state index contributed by atoms with van der Waals surface area (Å²) >= 11 is 0. The molecule has 3 N–H and O–H groups in total. The molecule has 0 heterocycles. The van der Waals surface area contributed by atoms with Gasteiger partial charge in [0.25, 0.3) is 0 Å². The molecule has 2 atom stereocenters. The molecule has 1 saturated carbocycles. The second-order valence-corrected chi connectivity index (χ2v) is 7.08. The maximum atomic E-state index is 6.08. The van der Waals surface area contributed by atoms with E-state index in [0.717, 1.165) is 25.4 Å². The molecule has 2 nitrogen and oxygen atoms in total. The zero-order chi connectivity index (χ0) is 14.4. The lowest BCUT2D eigenvalue weighted by Crippen LogP contribution is -2.51. The standard InChI is InChI=1S/C17H32N2/c1-5-6-7-13-19-17(14-18)11-8-9-15(10-12-17)16(2,3)4/h15,19H,7-14,18H2,1-4H3. The Labute approximate surface area is 119 Å². The summed E-state index contributed by atoms with van der Waals surface area (Å²) < 4.78 is 0. The first-order valence-corrected chi connectivity index (χ1v) is 7.78. The van der Waals surface area contributed by atoms with E-state index in [1.54, 1.807) is 0 Å².